The molecule has 0 saturated heterocycles. The molecule has 0 bridgehead atoms. The third kappa shape index (κ3) is 3.30. The summed E-state index contributed by atoms with van der Waals surface area (Å²) in [5, 5.41) is 2.64. The van der Waals surface area contributed by atoms with Gasteiger partial charge in [0.1, 0.15) is 11.6 Å². The summed E-state index contributed by atoms with van der Waals surface area (Å²) in [7, 11) is 0. The molecule has 2 nitrogen and oxygen atoms in total. The summed E-state index contributed by atoms with van der Waals surface area (Å²) in [5.41, 5.74) is -0.184. The molecule has 0 aliphatic heterocycles. The van der Waals surface area contributed by atoms with Crippen molar-refractivity contribution in [1.82, 2.24) is 5.32 Å². The van der Waals surface area contributed by atoms with Gasteiger partial charge in [-0.15, -0.1) is 11.3 Å². The molecule has 2 rings (SSSR count). The molecule has 1 aromatic carbocycles. The van der Waals surface area contributed by atoms with Gasteiger partial charge in [0, 0.05) is 10.9 Å². The molecule has 0 radical (unpaired) electrons. The van der Waals surface area contributed by atoms with Crippen molar-refractivity contribution in [2.75, 3.05) is 0 Å². The summed E-state index contributed by atoms with van der Waals surface area (Å²) in [5.74, 6) is -2.18. The minimum absolute atomic E-state index is 0.184. The van der Waals surface area contributed by atoms with Crippen molar-refractivity contribution in [3.63, 3.8) is 0 Å². The van der Waals surface area contributed by atoms with Crippen LogP contribution in [0.4, 0.5) is 8.78 Å². The Hall–Kier alpha value is -1.46. The average Bonchev–Trinajstić information content (AvgIpc) is 2.75. The maximum atomic E-state index is 13.4. The van der Waals surface area contributed by atoms with E-state index in [0.29, 0.717) is 10.4 Å². The fourth-order valence-electron chi connectivity index (χ4n) is 1.58. The molecule has 0 aliphatic rings. The highest BCUT2D eigenvalue weighted by atomic mass is 35.5. The highest BCUT2D eigenvalue weighted by Crippen LogP contribution is 2.26. The molecule has 100 valence electrons. The third-order valence-corrected chi connectivity index (χ3v) is 3.96. The monoisotopic (exact) mass is 301 g/mol. The number of benzene rings is 1. The topological polar surface area (TPSA) is 29.1 Å². The number of hydrogen-bond acceptors (Lipinski definition) is 2. The number of halogens is 3. The van der Waals surface area contributed by atoms with E-state index in [0.717, 1.165) is 17.0 Å². The van der Waals surface area contributed by atoms with Crippen LogP contribution in [0.25, 0.3) is 0 Å². The van der Waals surface area contributed by atoms with Crippen molar-refractivity contribution in [3.05, 3.63) is 56.7 Å². The van der Waals surface area contributed by atoms with Crippen LogP contribution in [0.5, 0.6) is 0 Å². The summed E-state index contributed by atoms with van der Waals surface area (Å²) in [6.45, 7) is 1.77. The van der Waals surface area contributed by atoms with E-state index in [4.69, 9.17) is 11.6 Å². The van der Waals surface area contributed by atoms with Crippen molar-refractivity contribution in [2.45, 2.75) is 13.0 Å². The van der Waals surface area contributed by atoms with Gasteiger partial charge in [-0.1, -0.05) is 11.6 Å². The van der Waals surface area contributed by atoms with Gasteiger partial charge in [-0.2, -0.15) is 0 Å². The predicted octanol–water partition coefficient (Wildman–Crippen LogP) is 4.17. The van der Waals surface area contributed by atoms with E-state index >= 15 is 0 Å². The average molecular weight is 302 g/mol. The second-order valence-corrected chi connectivity index (χ2v) is 5.71. The highest BCUT2D eigenvalue weighted by Gasteiger charge is 2.16. The first-order chi connectivity index (χ1) is 8.97. The Balaban J connectivity index is 2.12. The smallest absolute Gasteiger partial charge is 0.254 e. The van der Waals surface area contributed by atoms with Gasteiger partial charge in [-0.3, -0.25) is 4.79 Å². The first-order valence-electron chi connectivity index (χ1n) is 5.48. The molecule has 0 spiro atoms. The summed E-state index contributed by atoms with van der Waals surface area (Å²) >= 11 is 7.14. The summed E-state index contributed by atoms with van der Waals surface area (Å²) in [6.07, 6.45) is 0. The number of carbonyl (C=O) groups is 1. The van der Waals surface area contributed by atoms with Gasteiger partial charge in [0.2, 0.25) is 0 Å². The van der Waals surface area contributed by atoms with Crippen LogP contribution in [0.3, 0.4) is 0 Å². The number of carbonyl (C=O) groups excluding carboxylic acids is 1. The summed E-state index contributed by atoms with van der Waals surface area (Å²) in [4.78, 5) is 12.7. The third-order valence-electron chi connectivity index (χ3n) is 2.54. The van der Waals surface area contributed by atoms with Crippen molar-refractivity contribution >= 4 is 28.8 Å². The molecular formula is C13H10ClF2NOS. The fourth-order valence-corrected chi connectivity index (χ4v) is 2.64. The van der Waals surface area contributed by atoms with Gasteiger partial charge in [0.05, 0.1) is 15.9 Å². The van der Waals surface area contributed by atoms with Crippen LogP contribution in [0.15, 0.2) is 30.3 Å². The molecule has 0 unspecified atom stereocenters. The normalized spacial score (nSPS) is 12.2. The van der Waals surface area contributed by atoms with Gasteiger partial charge in [0.25, 0.3) is 5.91 Å². The minimum atomic E-state index is -0.881. The molecule has 19 heavy (non-hydrogen) atoms. The molecule has 0 saturated carbocycles. The van der Waals surface area contributed by atoms with Crippen LogP contribution in [0, 0.1) is 11.6 Å². The van der Waals surface area contributed by atoms with E-state index in [1.54, 1.807) is 19.1 Å². The first-order valence-corrected chi connectivity index (χ1v) is 6.68. The van der Waals surface area contributed by atoms with Gasteiger partial charge < -0.3 is 5.32 Å². The SMILES string of the molecule is C[C@H](NC(=O)c1ccc(F)cc1F)c1ccc(Cl)s1. The fraction of sp³-hybridized carbons (Fsp3) is 0.154. The molecule has 1 N–H and O–H groups in total. The van der Waals surface area contributed by atoms with Gasteiger partial charge >= 0.3 is 0 Å². The summed E-state index contributed by atoms with van der Waals surface area (Å²) in [6, 6.07) is 6.07. The Kier molecular flexibility index (Phi) is 4.17. The van der Waals surface area contributed by atoms with E-state index in [2.05, 4.69) is 5.32 Å². The van der Waals surface area contributed by atoms with Crippen LogP contribution in [0.2, 0.25) is 4.34 Å². The van der Waals surface area contributed by atoms with E-state index in [9.17, 15) is 13.6 Å². The number of amides is 1. The lowest BCUT2D eigenvalue weighted by Crippen LogP contribution is -2.27. The van der Waals surface area contributed by atoms with Crippen molar-refractivity contribution in [2.24, 2.45) is 0 Å². The maximum Gasteiger partial charge on any atom is 0.254 e. The molecule has 1 atom stereocenters. The van der Waals surface area contributed by atoms with E-state index in [1.807, 2.05) is 0 Å². The largest absolute Gasteiger partial charge is 0.345 e. The molecule has 6 heteroatoms. The van der Waals surface area contributed by atoms with Crippen molar-refractivity contribution in [1.29, 1.82) is 0 Å². The lowest BCUT2D eigenvalue weighted by Gasteiger charge is -2.12. The molecule has 0 fully saturated rings. The first kappa shape index (κ1) is 14.0. The van der Waals surface area contributed by atoms with Crippen LogP contribution < -0.4 is 5.32 Å². The molecular weight excluding hydrogens is 292 g/mol. The molecule has 0 aliphatic carbocycles. The van der Waals surface area contributed by atoms with Crippen molar-refractivity contribution in [3.8, 4) is 0 Å². The Labute approximate surface area is 118 Å². The minimum Gasteiger partial charge on any atom is -0.345 e. The quantitative estimate of drug-likeness (QED) is 0.905. The number of hydrogen-bond donors (Lipinski definition) is 1. The Morgan fingerprint density at radius 3 is 2.63 bits per heavy atom. The lowest BCUT2D eigenvalue weighted by molar-refractivity contribution is 0.0936. The Bertz CT molecular complexity index is 614. The van der Waals surface area contributed by atoms with Gasteiger partial charge in [-0.05, 0) is 31.2 Å². The van der Waals surface area contributed by atoms with Crippen LogP contribution in [-0.2, 0) is 0 Å². The summed E-state index contributed by atoms with van der Waals surface area (Å²) < 4.78 is 26.8. The lowest BCUT2D eigenvalue weighted by atomic mass is 10.1. The van der Waals surface area contributed by atoms with E-state index in [-0.39, 0.29) is 11.6 Å². The van der Waals surface area contributed by atoms with Crippen LogP contribution in [-0.4, -0.2) is 5.91 Å². The Morgan fingerprint density at radius 1 is 1.32 bits per heavy atom. The zero-order valence-electron chi connectivity index (χ0n) is 9.91. The number of nitrogens with one attached hydrogen (secondary N) is 1. The van der Waals surface area contributed by atoms with E-state index in [1.165, 1.54) is 11.3 Å². The van der Waals surface area contributed by atoms with Crippen LogP contribution >= 0.6 is 22.9 Å². The van der Waals surface area contributed by atoms with Crippen LogP contribution in [0.1, 0.15) is 28.2 Å². The zero-order chi connectivity index (χ0) is 14.0. The predicted molar refractivity (Wildman–Crippen MR) is 71.6 cm³/mol. The second-order valence-electron chi connectivity index (χ2n) is 3.96. The van der Waals surface area contributed by atoms with Gasteiger partial charge in [0.15, 0.2) is 0 Å². The zero-order valence-corrected chi connectivity index (χ0v) is 11.5. The van der Waals surface area contributed by atoms with Gasteiger partial charge in [-0.25, -0.2) is 8.78 Å². The number of thiophene rings is 1. The highest BCUT2D eigenvalue weighted by molar-refractivity contribution is 7.16. The molecule has 1 aromatic heterocycles. The van der Waals surface area contributed by atoms with E-state index < -0.39 is 17.5 Å². The molecule has 1 heterocycles. The Morgan fingerprint density at radius 2 is 2.05 bits per heavy atom. The second kappa shape index (κ2) is 5.67. The standard InChI is InChI=1S/C13H10ClF2NOS/c1-7(11-4-5-12(14)19-11)17-13(18)9-3-2-8(15)6-10(9)16/h2-7H,1H3,(H,17,18)/t7-/m0/s1. The van der Waals surface area contributed by atoms with Crippen molar-refractivity contribution < 1.29 is 13.6 Å². The molecule has 1 amide bonds. The number of rotatable bonds is 3. The maximum absolute atomic E-state index is 13.4. The molecule has 2 aromatic rings.